The Labute approximate surface area is 78.7 Å². The van der Waals surface area contributed by atoms with Crippen LogP contribution in [0.15, 0.2) is 35.0 Å². The minimum absolute atomic E-state index is 0.266. The van der Waals surface area contributed by atoms with Crippen LogP contribution in [0, 0.1) is 0 Å². The quantitative estimate of drug-likeness (QED) is 0.478. The molecule has 0 atom stereocenters. The lowest BCUT2D eigenvalue weighted by atomic mass is 10.1. The molecule has 3 heteroatoms. The first kappa shape index (κ1) is 9.00. The van der Waals surface area contributed by atoms with Gasteiger partial charge in [-0.15, -0.1) is 0 Å². The highest BCUT2D eigenvalue weighted by atomic mass is 79.9. The van der Waals surface area contributed by atoms with Crippen molar-refractivity contribution in [1.82, 2.24) is 0 Å². The lowest BCUT2D eigenvalue weighted by Crippen LogP contribution is -1.86. The highest BCUT2D eigenvalue weighted by molar-refractivity contribution is 9.10. The van der Waals surface area contributed by atoms with Crippen LogP contribution in [0.2, 0.25) is 0 Å². The molecule has 0 aromatic heterocycles. The molecule has 1 N–H and O–H groups in total. The second kappa shape index (κ2) is 4.07. The van der Waals surface area contributed by atoms with Gasteiger partial charge in [-0.3, -0.25) is 4.79 Å². The van der Waals surface area contributed by atoms with Crippen LogP contribution in [-0.4, -0.2) is 11.4 Å². The van der Waals surface area contributed by atoms with E-state index in [0.29, 0.717) is 11.8 Å². The van der Waals surface area contributed by atoms with Gasteiger partial charge in [-0.1, -0.05) is 34.1 Å². The zero-order valence-corrected chi connectivity index (χ0v) is 7.78. The molecule has 2 nitrogen and oxygen atoms in total. The van der Waals surface area contributed by atoms with Gasteiger partial charge in [0, 0.05) is 10.0 Å². The molecule has 0 aliphatic heterocycles. The number of benzene rings is 1. The second-order valence-corrected chi connectivity index (χ2v) is 3.04. The molecule has 12 heavy (non-hydrogen) atoms. The summed E-state index contributed by atoms with van der Waals surface area (Å²) in [6, 6.07) is 7.20. The van der Waals surface area contributed by atoms with Gasteiger partial charge in [-0.25, -0.2) is 0 Å². The molecule has 0 fully saturated rings. The van der Waals surface area contributed by atoms with Gasteiger partial charge in [-0.2, -0.15) is 0 Å². The summed E-state index contributed by atoms with van der Waals surface area (Å²) in [5.74, 6) is 0. The second-order valence-electron chi connectivity index (χ2n) is 2.18. The van der Waals surface area contributed by atoms with E-state index in [1.54, 1.807) is 12.1 Å². The summed E-state index contributed by atoms with van der Waals surface area (Å²) in [6.07, 6.45) is 1.41. The van der Waals surface area contributed by atoms with Crippen molar-refractivity contribution in [2.45, 2.75) is 0 Å². The van der Waals surface area contributed by atoms with Crippen LogP contribution < -0.4 is 0 Å². The smallest absolute Gasteiger partial charge is 0.153 e. The number of allylic oxidation sites excluding steroid dienone is 1. The van der Waals surface area contributed by atoms with Crippen LogP contribution in [0.3, 0.4) is 0 Å². The number of halogens is 1. The lowest BCUT2D eigenvalue weighted by molar-refractivity contribution is -0.103. The van der Waals surface area contributed by atoms with E-state index in [2.05, 4.69) is 15.9 Å². The minimum atomic E-state index is 0.266. The number of aliphatic hydroxyl groups excluding tert-OH is 1. The zero-order valence-electron chi connectivity index (χ0n) is 6.20. The summed E-state index contributed by atoms with van der Waals surface area (Å²) < 4.78 is 0.789. The van der Waals surface area contributed by atoms with E-state index in [-0.39, 0.29) is 5.57 Å². The van der Waals surface area contributed by atoms with Gasteiger partial charge in [0.05, 0.1) is 11.8 Å². The zero-order chi connectivity index (χ0) is 8.97. The molecule has 62 valence electrons. The molecule has 1 aromatic carbocycles. The molecule has 0 heterocycles. The summed E-state index contributed by atoms with van der Waals surface area (Å²) in [4.78, 5) is 10.4. The maximum atomic E-state index is 10.4. The van der Waals surface area contributed by atoms with Crippen LogP contribution in [0.5, 0.6) is 0 Å². The van der Waals surface area contributed by atoms with E-state index in [1.165, 1.54) is 0 Å². The van der Waals surface area contributed by atoms with E-state index in [1.807, 2.05) is 12.1 Å². The van der Waals surface area contributed by atoms with Crippen molar-refractivity contribution in [3.63, 3.8) is 0 Å². The maximum Gasteiger partial charge on any atom is 0.153 e. The highest BCUT2D eigenvalue weighted by Gasteiger charge is 2.03. The number of carbonyl (C=O) groups is 1. The number of carbonyl (C=O) groups excluding carboxylic acids is 1. The summed E-state index contributed by atoms with van der Waals surface area (Å²) in [5.41, 5.74) is 0.956. The fourth-order valence-corrected chi connectivity index (χ4v) is 1.37. The Morgan fingerprint density at radius 1 is 1.42 bits per heavy atom. The van der Waals surface area contributed by atoms with Gasteiger partial charge in [-0.05, 0) is 6.07 Å². The Morgan fingerprint density at radius 3 is 2.58 bits per heavy atom. The van der Waals surface area contributed by atoms with Crippen LogP contribution in [-0.2, 0) is 4.79 Å². The molecule has 0 saturated heterocycles. The molecule has 0 bridgehead atoms. The van der Waals surface area contributed by atoms with Gasteiger partial charge in [0.2, 0.25) is 0 Å². The Kier molecular flexibility index (Phi) is 3.05. The molecular weight excluding hydrogens is 220 g/mol. The first-order valence-corrected chi connectivity index (χ1v) is 4.13. The molecule has 0 radical (unpaired) electrons. The number of rotatable bonds is 2. The highest BCUT2D eigenvalue weighted by Crippen LogP contribution is 2.21. The van der Waals surface area contributed by atoms with Crippen LogP contribution in [0.25, 0.3) is 5.57 Å². The Bertz CT molecular complexity index is 318. The summed E-state index contributed by atoms with van der Waals surface area (Å²) in [5, 5.41) is 8.69. The van der Waals surface area contributed by atoms with Crippen molar-refractivity contribution in [2.75, 3.05) is 0 Å². The van der Waals surface area contributed by atoms with Crippen LogP contribution >= 0.6 is 15.9 Å². The largest absolute Gasteiger partial charge is 0.515 e. The third-order valence-electron chi connectivity index (χ3n) is 1.45. The topological polar surface area (TPSA) is 37.3 Å². The van der Waals surface area contributed by atoms with Crippen molar-refractivity contribution in [2.24, 2.45) is 0 Å². The number of hydrogen-bond acceptors (Lipinski definition) is 2. The Balaban J connectivity index is 3.18. The van der Waals surface area contributed by atoms with E-state index in [9.17, 15) is 4.79 Å². The van der Waals surface area contributed by atoms with Crippen molar-refractivity contribution < 1.29 is 9.90 Å². The summed E-state index contributed by atoms with van der Waals surface area (Å²) >= 11 is 3.27. The van der Waals surface area contributed by atoms with E-state index in [0.717, 1.165) is 10.7 Å². The lowest BCUT2D eigenvalue weighted by Gasteiger charge is -2.00. The fourth-order valence-electron chi connectivity index (χ4n) is 0.859. The van der Waals surface area contributed by atoms with E-state index in [4.69, 9.17) is 5.11 Å². The average Bonchev–Trinajstić information content (AvgIpc) is 2.10. The first-order valence-electron chi connectivity index (χ1n) is 3.34. The van der Waals surface area contributed by atoms with Crippen LogP contribution in [0.1, 0.15) is 5.56 Å². The first-order chi connectivity index (χ1) is 5.79. The van der Waals surface area contributed by atoms with E-state index >= 15 is 0 Å². The Morgan fingerprint density at radius 2 is 2.08 bits per heavy atom. The molecule has 0 unspecified atom stereocenters. The average molecular weight is 227 g/mol. The molecule has 0 spiro atoms. The summed E-state index contributed by atoms with van der Waals surface area (Å²) in [7, 11) is 0. The van der Waals surface area contributed by atoms with Gasteiger partial charge in [0.1, 0.15) is 0 Å². The molecule has 0 saturated carbocycles. The fraction of sp³-hybridized carbons (Fsp3) is 0. The molecular formula is C9H7BrO2. The number of aliphatic hydroxyl groups is 1. The monoisotopic (exact) mass is 226 g/mol. The third-order valence-corrected chi connectivity index (χ3v) is 2.14. The van der Waals surface area contributed by atoms with Crippen molar-refractivity contribution in [1.29, 1.82) is 0 Å². The van der Waals surface area contributed by atoms with Crippen molar-refractivity contribution >= 4 is 27.8 Å². The predicted octanol–water partition coefficient (Wildman–Crippen LogP) is 2.55. The molecule has 1 aromatic rings. The number of hydrogen-bond donors (Lipinski definition) is 1. The molecule has 0 amide bonds. The van der Waals surface area contributed by atoms with Crippen molar-refractivity contribution in [3.8, 4) is 0 Å². The van der Waals surface area contributed by atoms with Gasteiger partial charge in [0.25, 0.3) is 0 Å². The van der Waals surface area contributed by atoms with Crippen molar-refractivity contribution in [3.05, 3.63) is 40.6 Å². The third kappa shape index (κ3) is 1.74. The molecule has 0 aliphatic rings. The van der Waals surface area contributed by atoms with E-state index < -0.39 is 0 Å². The van der Waals surface area contributed by atoms with Gasteiger partial charge >= 0.3 is 0 Å². The molecule has 1 rings (SSSR count). The van der Waals surface area contributed by atoms with Gasteiger partial charge in [0.15, 0.2) is 6.29 Å². The minimum Gasteiger partial charge on any atom is -0.515 e. The normalized spacial score (nSPS) is 11.2. The maximum absolute atomic E-state index is 10.4. The van der Waals surface area contributed by atoms with Gasteiger partial charge < -0.3 is 5.11 Å². The number of aldehydes is 1. The standard InChI is InChI=1S/C9H7BrO2/c10-9-4-2-1-3-8(9)7(5-11)6-12/h1-6,11H. The molecule has 0 aliphatic carbocycles. The Hall–Kier alpha value is -1.09. The SMILES string of the molecule is O=CC(=CO)c1ccccc1Br. The summed E-state index contributed by atoms with van der Waals surface area (Å²) in [6.45, 7) is 0. The van der Waals surface area contributed by atoms with Crippen LogP contribution in [0.4, 0.5) is 0 Å². The predicted molar refractivity (Wildman–Crippen MR) is 50.8 cm³/mol.